The minimum atomic E-state index is -1.55. The Morgan fingerprint density at radius 2 is 2.06 bits per heavy atom. The van der Waals surface area contributed by atoms with Crippen LogP contribution in [0.1, 0.15) is 19.3 Å². The zero-order valence-electron chi connectivity index (χ0n) is 10.3. The number of Topliss-reactive ketones (excluding diaryl/α,β-unsaturated/α-hetero) is 1. The Morgan fingerprint density at radius 3 is 2.61 bits per heavy atom. The van der Waals surface area contributed by atoms with Crippen LogP contribution in [0.5, 0.6) is 0 Å². The van der Waals surface area contributed by atoms with Crippen LogP contribution in [0.15, 0.2) is 12.2 Å². The van der Waals surface area contributed by atoms with Gasteiger partial charge in [0.25, 0.3) is 0 Å². The van der Waals surface area contributed by atoms with E-state index in [2.05, 4.69) is 9.47 Å². The van der Waals surface area contributed by atoms with E-state index in [1.54, 1.807) is 0 Å². The molecule has 0 spiro atoms. The molecule has 0 saturated heterocycles. The van der Waals surface area contributed by atoms with E-state index in [1.165, 1.54) is 20.3 Å². The Hall–Kier alpha value is -1.69. The molecule has 0 heterocycles. The van der Waals surface area contributed by atoms with Gasteiger partial charge in [-0.1, -0.05) is 0 Å². The van der Waals surface area contributed by atoms with Gasteiger partial charge in [-0.25, -0.2) is 4.79 Å². The van der Waals surface area contributed by atoms with Crippen LogP contribution in [0.3, 0.4) is 0 Å². The summed E-state index contributed by atoms with van der Waals surface area (Å²) in [5.74, 6) is -2.39. The van der Waals surface area contributed by atoms with Crippen LogP contribution < -0.4 is 0 Å². The van der Waals surface area contributed by atoms with Crippen molar-refractivity contribution in [3.63, 3.8) is 0 Å². The Morgan fingerprint density at radius 1 is 1.39 bits per heavy atom. The predicted octanol–water partition coefficient (Wildman–Crippen LogP) is -0.0111. The summed E-state index contributed by atoms with van der Waals surface area (Å²) < 4.78 is 8.97. The molecule has 0 radical (unpaired) electrons. The minimum Gasteiger partial charge on any atom is -0.469 e. The second-order valence-corrected chi connectivity index (χ2v) is 4.17. The number of methoxy groups -OCH3 is 2. The summed E-state index contributed by atoms with van der Waals surface area (Å²) >= 11 is 0. The van der Waals surface area contributed by atoms with Crippen LogP contribution in [0, 0.1) is 5.92 Å². The third kappa shape index (κ3) is 3.16. The van der Waals surface area contributed by atoms with E-state index in [0.29, 0.717) is 0 Å². The Labute approximate surface area is 105 Å². The number of hydrogen-bond donors (Lipinski definition) is 1. The number of hydrogen-bond acceptors (Lipinski definition) is 6. The first kappa shape index (κ1) is 14.4. The summed E-state index contributed by atoms with van der Waals surface area (Å²) in [6, 6.07) is 0. The third-order valence-corrected chi connectivity index (χ3v) is 3.03. The topological polar surface area (TPSA) is 89.9 Å². The third-order valence-electron chi connectivity index (χ3n) is 3.03. The number of ketones is 1. The molecule has 0 aliphatic heterocycles. The van der Waals surface area contributed by atoms with Crippen molar-refractivity contribution in [2.45, 2.75) is 24.9 Å². The van der Waals surface area contributed by atoms with E-state index >= 15 is 0 Å². The van der Waals surface area contributed by atoms with Crippen molar-refractivity contribution in [3.8, 4) is 0 Å². The van der Waals surface area contributed by atoms with Crippen molar-refractivity contribution in [2.75, 3.05) is 14.2 Å². The fourth-order valence-corrected chi connectivity index (χ4v) is 1.93. The molecule has 1 saturated carbocycles. The summed E-state index contributed by atoms with van der Waals surface area (Å²) in [4.78, 5) is 33.9. The van der Waals surface area contributed by atoms with Gasteiger partial charge in [0.15, 0.2) is 0 Å². The smallest absolute Gasteiger partial charge is 0.330 e. The fraction of sp³-hybridized carbons (Fsp3) is 0.583. The molecule has 6 nitrogen and oxygen atoms in total. The van der Waals surface area contributed by atoms with E-state index in [1.807, 2.05) is 0 Å². The van der Waals surface area contributed by atoms with Crippen molar-refractivity contribution in [1.82, 2.24) is 0 Å². The van der Waals surface area contributed by atoms with E-state index in [0.717, 1.165) is 6.08 Å². The van der Waals surface area contributed by atoms with E-state index < -0.39 is 23.5 Å². The molecule has 1 N–H and O–H groups in total. The minimum absolute atomic E-state index is 0.0824. The van der Waals surface area contributed by atoms with E-state index in [9.17, 15) is 19.5 Å². The lowest BCUT2D eigenvalue weighted by atomic mass is 9.74. The lowest BCUT2D eigenvalue weighted by molar-refractivity contribution is -0.158. The molecular weight excluding hydrogens is 240 g/mol. The number of rotatable bonds is 3. The molecule has 0 amide bonds. The van der Waals surface area contributed by atoms with Crippen molar-refractivity contribution in [2.24, 2.45) is 5.92 Å². The Bertz CT molecular complexity index is 386. The van der Waals surface area contributed by atoms with Gasteiger partial charge in [0.05, 0.1) is 25.7 Å². The van der Waals surface area contributed by atoms with Gasteiger partial charge in [0.1, 0.15) is 5.78 Å². The molecule has 18 heavy (non-hydrogen) atoms. The van der Waals surface area contributed by atoms with Crippen LogP contribution in [-0.4, -0.2) is 42.6 Å². The summed E-state index contributed by atoms with van der Waals surface area (Å²) in [6.07, 6.45) is 2.40. The monoisotopic (exact) mass is 256 g/mol. The fourth-order valence-electron chi connectivity index (χ4n) is 1.93. The molecule has 0 aromatic heterocycles. The molecule has 2 unspecified atom stereocenters. The Balaban J connectivity index is 2.93. The standard InChI is InChI=1S/C12H16O6/c1-17-10(14)4-6-12(16)5-3-8(13)7-9(12)11(15)18-2/h4,6,9,16H,3,5,7H2,1-2H3/b6-4+. The van der Waals surface area contributed by atoms with Gasteiger partial charge in [0.2, 0.25) is 0 Å². The molecule has 1 fully saturated rings. The molecule has 0 aromatic rings. The van der Waals surface area contributed by atoms with Crippen LogP contribution >= 0.6 is 0 Å². The highest BCUT2D eigenvalue weighted by atomic mass is 16.5. The highest BCUT2D eigenvalue weighted by Crippen LogP contribution is 2.34. The first-order chi connectivity index (χ1) is 8.42. The van der Waals surface area contributed by atoms with Crippen molar-refractivity contribution in [3.05, 3.63) is 12.2 Å². The first-order valence-corrected chi connectivity index (χ1v) is 5.52. The van der Waals surface area contributed by atoms with Crippen LogP contribution in [-0.2, 0) is 23.9 Å². The SMILES string of the molecule is COC(=O)/C=C/C1(O)CCC(=O)CC1C(=O)OC. The summed E-state index contributed by atoms with van der Waals surface area (Å²) in [5.41, 5.74) is -1.55. The van der Waals surface area contributed by atoms with E-state index in [4.69, 9.17) is 0 Å². The molecular formula is C12H16O6. The van der Waals surface area contributed by atoms with Gasteiger partial charge in [-0.15, -0.1) is 0 Å². The van der Waals surface area contributed by atoms with Crippen molar-refractivity contribution >= 4 is 17.7 Å². The lowest BCUT2D eigenvalue weighted by Crippen LogP contribution is -2.46. The molecule has 1 aliphatic rings. The number of ether oxygens (including phenoxy) is 2. The number of carbonyl (C=O) groups is 3. The number of aliphatic hydroxyl groups is 1. The van der Waals surface area contributed by atoms with Gasteiger partial charge < -0.3 is 14.6 Å². The van der Waals surface area contributed by atoms with Gasteiger partial charge >= 0.3 is 11.9 Å². The highest BCUT2D eigenvalue weighted by Gasteiger charge is 2.45. The van der Waals surface area contributed by atoms with Crippen molar-refractivity contribution < 1.29 is 29.0 Å². The molecule has 1 rings (SSSR count). The largest absolute Gasteiger partial charge is 0.469 e. The second kappa shape index (κ2) is 5.77. The lowest BCUT2D eigenvalue weighted by Gasteiger charge is -2.35. The predicted molar refractivity (Wildman–Crippen MR) is 60.5 cm³/mol. The zero-order valence-corrected chi connectivity index (χ0v) is 10.3. The maximum absolute atomic E-state index is 11.6. The molecule has 0 bridgehead atoms. The van der Waals surface area contributed by atoms with Crippen LogP contribution in [0.25, 0.3) is 0 Å². The molecule has 6 heteroatoms. The number of esters is 2. The second-order valence-electron chi connectivity index (χ2n) is 4.17. The Kier molecular flexibility index (Phi) is 4.61. The van der Waals surface area contributed by atoms with Gasteiger partial charge in [-0.2, -0.15) is 0 Å². The summed E-state index contributed by atoms with van der Waals surface area (Å²) in [7, 11) is 2.39. The number of carbonyl (C=O) groups excluding carboxylic acids is 3. The average Bonchev–Trinajstić information content (AvgIpc) is 2.38. The van der Waals surface area contributed by atoms with Crippen LogP contribution in [0.2, 0.25) is 0 Å². The average molecular weight is 256 g/mol. The quantitative estimate of drug-likeness (QED) is 0.564. The van der Waals surface area contributed by atoms with Crippen molar-refractivity contribution in [1.29, 1.82) is 0 Å². The summed E-state index contributed by atoms with van der Waals surface area (Å²) in [6.45, 7) is 0. The maximum Gasteiger partial charge on any atom is 0.330 e. The summed E-state index contributed by atoms with van der Waals surface area (Å²) in [5, 5.41) is 10.3. The molecule has 1 aliphatic carbocycles. The van der Waals surface area contributed by atoms with Gasteiger partial charge in [-0.3, -0.25) is 9.59 Å². The maximum atomic E-state index is 11.6. The van der Waals surface area contributed by atoms with E-state index in [-0.39, 0.29) is 25.0 Å². The molecule has 2 atom stereocenters. The zero-order chi connectivity index (χ0) is 13.8. The highest BCUT2D eigenvalue weighted by molar-refractivity contribution is 5.88. The normalized spacial score (nSPS) is 28.2. The van der Waals surface area contributed by atoms with Gasteiger partial charge in [-0.05, 0) is 12.5 Å². The molecule has 100 valence electrons. The van der Waals surface area contributed by atoms with Gasteiger partial charge in [0, 0.05) is 18.9 Å². The van der Waals surface area contributed by atoms with Crippen LogP contribution in [0.4, 0.5) is 0 Å². The first-order valence-electron chi connectivity index (χ1n) is 5.52. The molecule has 0 aromatic carbocycles.